The lowest BCUT2D eigenvalue weighted by molar-refractivity contribution is 0.426. The number of rotatable bonds is 3. The van der Waals surface area contributed by atoms with Crippen molar-refractivity contribution in [3.8, 4) is 22.9 Å². The van der Waals surface area contributed by atoms with E-state index in [0.29, 0.717) is 33.6 Å². The molecule has 0 aliphatic rings. The fourth-order valence-electron chi connectivity index (χ4n) is 2.96. The summed E-state index contributed by atoms with van der Waals surface area (Å²) in [5.74, 6) is 0. The molecule has 0 spiro atoms. The molecule has 2 aromatic carbocycles. The first-order valence-electron chi connectivity index (χ1n) is 8.04. The predicted octanol–water partition coefficient (Wildman–Crippen LogP) is 0.616. The van der Waals surface area contributed by atoms with Gasteiger partial charge in [-0.1, -0.05) is 18.2 Å². The molecule has 2 aromatic heterocycles. The quantitative estimate of drug-likeness (QED) is 0.458. The maximum absolute atomic E-state index is 9.57. The Morgan fingerprint density at radius 2 is 1.96 bits per heavy atom. The van der Waals surface area contributed by atoms with Gasteiger partial charge in [-0.25, -0.2) is 4.68 Å². The Bertz CT molecular complexity index is 1200. The molecule has 4 aromatic rings. The third kappa shape index (κ3) is 2.89. The molecular weight excluding hydrogens is 343 g/mol. The van der Waals surface area contributed by atoms with Gasteiger partial charge in [0.1, 0.15) is 11.8 Å². The van der Waals surface area contributed by atoms with Gasteiger partial charge in [0, 0.05) is 10.9 Å². The van der Waals surface area contributed by atoms with Gasteiger partial charge in [-0.05, 0) is 35.3 Å². The number of nitrogens with zero attached hydrogens (tertiary/aromatic N) is 5. The summed E-state index contributed by atoms with van der Waals surface area (Å²) in [5, 5.41) is 41.4. The van der Waals surface area contributed by atoms with Crippen molar-refractivity contribution in [1.82, 2.24) is 20.0 Å². The summed E-state index contributed by atoms with van der Waals surface area (Å²) in [4.78, 5) is 0. The highest BCUT2D eigenvalue weighted by Crippen LogP contribution is 2.30. The average Bonchev–Trinajstić information content (AvgIpc) is 3.16. The molecule has 0 atom stereocenters. The van der Waals surface area contributed by atoms with Crippen LogP contribution in [-0.4, -0.2) is 37.1 Å². The minimum absolute atomic E-state index is 0.318. The van der Waals surface area contributed by atoms with Crippen LogP contribution >= 0.6 is 0 Å². The van der Waals surface area contributed by atoms with Gasteiger partial charge in [-0.3, -0.25) is 0 Å². The third-order valence-corrected chi connectivity index (χ3v) is 4.29. The first-order chi connectivity index (χ1) is 13.1. The minimum atomic E-state index is -1.62. The van der Waals surface area contributed by atoms with Gasteiger partial charge in [0.2, 0.25) is 0 Å². The Hall–Kier alpha value is -3.74. The van der Waals surface area contributed by atoms with Crippen molar-refractivity contribution in [2.24, 2.45) is 0 Å². The molecule has 0 bridgehead atoms. The van der Waals surface area contributed by atoms with Crippen LogP contribution in [0.25, 0.3) is 27.7 Å². The van der Waals surface area contributed by atoms with Crippen LogP contribution in [0.4, 0.5) is 5.69 Å². The van der Waals surface area contributed by atoms with Crippen LogP contribution in [0.5, 0.6) is 0 Å². The van der Waals surface area contributed by atoms with Gasteiger partial charge in [0.25, 0.3) is 0 Å². The van der Waals surface area contributed by atoms with E-state index in [1.54, 1.807) is 30.3 Å². The molecule has 0 radical (unpaired) electrons. The topological polar surface area (TPSA) is 134 Å². The fraction of sp³-hybridized carbons (Fsp3) is 0. The second-order valence-corrected chi connectivity index (χ2v) is 5.92. The monoisotopic (exact) mass is 356 g/mol. The van der Waals surface area contributed by atoms with E-state index >= 15 is 0 Å². The van der Waals surface area contributed by atoms with Crippen LogP contribution in [0, 0.1) is 11.3 Å². The SMILES string of the molecule is N#Cc1ccnn1-c1ccc(B(O)O)cc1-c1ccc2c(N)cnnc2c1. The predicted molar refractivity (Wildman–Crippen MR) is 101 cm³/mol. The summed E-state index contributed by atoms with van der Waals surface area (Å²) in [7, 11) is -1.62. The van der Waals surface area contributed by atoms with Crippen molar-refractivity contribution in [3.63, 3.8) is 0 Å². The molecule has 4 N–H and O–H groups in total. The number of nitrogens with two attached hydrogens (primary N) is 1. The van der Waals surface area contributed by atoms with E-state index in [-0.39, 0.29) is 0 Å². The van der Waals surface area contributed by atoms with Gasteiger partial charge in [-0.15, -0.1) is 0 Å². The molecule has 0 saturated heterocycles. The largest absolute Gasteiger partial charge is 0.488 e. The number of nitriles is 1. The van der Waals surface area contributed by atoms with Crippen molar-refractivity contribution < 1.29 is 10.0 Å². The van der Waals surface area contributed by atoms with Crippen LogP contribution < -0.4 is 11.2 Å². The summed E-state index contributed by atoms with van der Waals surface area (Å²) < 4.78 is 1.50. The van der Waals surface area contributed by atoms with Crippen LogP contribution in [0.3, 0.4) is 0 Å². The Morgan fingerprint density at radius 1 is 1.11 bits per heavy atom. The highest BCUT2D eigenvalue weighted by Gasteiger charge is 2.17. The normalized spacial score (nSPS) is 10.7. The van der Waals surface area contributed by atoms with E-state index < -0.39 is 7.12 Å². The lowest BCUT2D eigenvalue weighted by Crippen LogP contribution is -2.30. The summed E-state index contributed by atoms with van der Waals surface area (Å²) in [6.45, 7) is 0. The zero-order valence-corrected chi connectivity index (χ0v) is 14.0. The first-order valence-corrected chi connectivity index (χ1v) is 8.04. The molecule has 0 aliphatic heterocycles. The summed E-state index contributed by atoms with van der Waals surface area (Å²) in [6, 6.07) is 14.1. The summed E-state index contributed by atoms with van der Waals surface area (Å²) in [6.07, 6.45) is 3.02. The number of hydrogen-bond donors (Lipinski definition) is 3. The average molecular weight is 356 g/mol. The van der Waals surface area contributed by atoms with Crippen LogP contribution in [-0.2, 0) is 0 Å². The molecule has 0 aliphatic carbocycles. The summed E-state index contributed by atoms with van der Waals surface area (Å²) >= 11 is 0. The Balaban J connectivity index is 1.98. The molecule has 4 rings (SSSR count). The molecule has 9 heteroatoms. The first kappa shape index (κ1) is 16.7. The Morgan fingerprint density at radius 3 is 2.74 bits per heavy atom. The Kier molecular flexibility index (Phi) is 4.04. The fourth-order valence-corrected chi connectivity index (χ4v) is 2.96. The zero-order valence-electron chi connectivity index (χ0n) is 14.0. The van der Waals surface area contributed by atoms with E-state index in [1.807, 2.05) is 12.1 Å². The van der Waals surface area contributed by atoms with Crippen molar-refractivity contribution in [2.45, 2.75) is 0 Å². The van der Waals surface area contributed by atoms with Gasteiger partial charge in [-0.2, -0.15) is 20.6 Å². The standard InChI is InChI=1S/C18H13BN6O2/c20-9-13-5-6-23-25(13)18-4-2-12(19(26)27)8-15(18)11-1-3-14-16(21)10-22-24-17(14)7-11/h1-8,10,26-27H,(H2,21,24). The molecule has 0 fully saturated rings. The minimum Gasteiger partial charge on any atom is -0.423 e. The summed E-state index contributed by atoms with van der Waals surface area (Å²) in [5.41, 5.74) is 9.77. The molecule has 0 amide bonds. The molecule has 2 heterocycles. The van der Waals surface area contributed by atoms with E-state index in [2.05, 4.69) is 21.4 Å². The second kappa shape index (κ2) is 6.53. The zero-order chi connectivity index (χ0) is 19.0. The van der Waals surface area contributed by atoms with Gasteiger partial charge in [0.05, 0.1) is 29.3 Å². The number of fused-ring (bicyclic) bond motifs is 1. The lowest BCUT2D eigenvalue weighted by Gasteiger charge is -2.13. The number of hydrogen-bond acceptors (Lipinski definition) is 7. The van der Waals surface area contributed by atoms with E-state index in [4.69, 9.17) is 5.73 Å². The molecule has 0 unspecified atom stereocenters. The second-order valence-electron chi connectivity index (χ2n) is 5.92. The van der Waals surface area contributed by atoms with Crippen LogP contribution in [0.2, 0.25) is 0 Å². The van der Waals surface area contributed by atoms with Gasteiger partial charge < -0.3 is 15.8 Å². The maximum atomic E-state index is 9.57. The molecule has 0 saturated carbocycles. The smallest absolute Gasteiger partial charge is 0.423 e. The van der Waals surface area contributed by atoms with Crippen LogP contribution in [0.1, 0.15) is 5.69 Å². The van der Waals surface area contributed by atoms with E-state index in [9.17, 15) is 15.3 Å². The Labute approximate surface area is 154 Å². The van der Waals surface area contributed by atoms with E-state index in [0.717, 1.165) is 10.9 Å². The lowest BCUT2D eigenvalue weighted by atomic mass is 9.78. The highest BCUT2D eigenvalue weighted by molar-refractivity contribution is 6.58. The number of aromatic nitrogens is 4. The number of nitrogen functional groups attached to an aromatic ring is 1. The van der Waals surface area contributed by atoms with Gasteiger partial charge in [0.15, 0.2) is 0 Å². The van der Waals surface area contributed by atoms with Crippen LogP contribution in [0.15, 0.2) is 54.9 Å². The number of benzene rings is 2. The van der Waals surface area contributed by atoms with Crippen molar-refractivity contribution in [2.75, 3.05) is 5.73 Å². The van der Waals surface area contributed by atoms with E-state index in [1.165, 1.54) is 17.1 Å². The van der Waals surface area contributed by atoms with Crippen molar-refractivity contribution in [3.05, 3.63) is 60.6 Å². The van der Waals surface area contributed by atoms with Crippen molar-refractivity contribution >= 4 is 29.2 Å². The third-order valence-electron chi connectivity index (χ3n) is 4.29. The molecular formula is C18H13BN6O2. The number of anilines is 1. The maximum Gasteiger partial charge on any atom is 0.488 e. The van der Waals surface area contributed by atoms with Gasteiger partial charge >= 0.3 is 7.12 Å². The van der Waals surface area contributed by atoms with Crippen molar-refractivity contribution in [1.29, 1.82) is 5.26 Å². The molecule has 27 heavy (non-hydrogen) atoms. The molecule has 8 nitrogen and oxygen atoms in total. The molecule has 130 valence electrons. The highest BCUT2D eigenvalue weighted by atomic mass is 16.4.